The summed E-state index contributed by atoms with van der Waals surface area (Å²) in [6, 6.07) is 3.26. The summed E-state index contributed by atoms with van der Waals surface area (Å²) in [6.07, 6.45) is 2.62. The summed E-state index contributed by atoms with van der Waals surface area (Å²) < 4.78 is 1.59. The van der Waals surface area contributed by atoms with Crippen LogP contribution in [-0.2, 0) is 6.42 Å². The smallest absolute Gasteiger partial charge is 0.0865 e. The van der Waals surface area contributed by atoms with Crippen LogP contribution in [0.4, 0.5) is 0 Å². The van der Waals surface area contributed by atoms with E-state index >= 15 is 0 Å². The zero-order valence-corrected chi connectivity index (χ0v) is 12.4. The molecule has 0 fully saturated rings. The summed E-state index contributed by atoms with van der Waals surface area (Å²) in [5.74, 6) is 0. The molecule has 7 heteroatoms. The van der Waals surface area contributed by atoms with Gasteiger partial charge in [-0.05, 0) is 12.1 Å². The number of aromatic nitrogens is 3. The second-order valence-corrected chi connectivity index (χ2v) is 5.33. The van der Waals surface area contributed by atoms with Crippen LogP contribution in [0, 0.1) is 0 Å². The summed E-state index contributed by atoms with van der Waals surface area (Å²) >= 11 is 21.2. The van der Waals surface area contributed by atoms with Gasteiger partial charge in [0.1, 0.15) is 0 Å². The minimum Gasteiger partial charge on any atom is -0.219 e. The van der Waals surface area contributed by atoms with E-state index in [9.17, 15) is 0 Å². The molecule has 1 heterocycles. The minimum atomic E-state index is 0.418. The van der Waals surface area contributed by atoms with Crippen molar-refractivity contribution >= 4 is 50.7 Å². The summed E-state index contributed by atoms with van der Waals surface area (Å²) in [4.78, 5) is 0. The predicted molar refractivity (Wildman–Crippen MR) is 73.9 cm³/mol. The van der Waals surface area contributed by atoms with Crippen molar-refractivity contribution in [1.29, 1.82) is 0 Å². The highest BCUT2D eigenvalue weighted by Crippen LogP contribution is 2.30. The lowest BCUT2D eigenvalue weighted by Gasteiger charge is -2.05. The summed E-state index contributed by atoms with van der Waals surface area (Å²) in [7, 11) is 0. The van der Waals surface area contributed by atoms with Gasteiger partial charge in [0, 0.05) is 11.8 Å². The van der Waals surface area contributed by atoms with Gasteiger partial charge in [0.05, 0.1) is 32.6 Å². The third kappa shape index (κ3) is 2.94. The summed E-state index contributed by atoms with van der Waals surface area (Å²) in [5.41, 5.74) is 1.54. The van der Waals surface area contributed by atoms with Crippen LogP contribution in [0.25, 0.3) is 5.69 Å². The van der Waals surface area contributed by atoms with Crippen LogP contribution in [-0.4, -0.2) is 20.3 Å². The van der Waals surface area contributed by atoms with Gasteiger partial charge in [-0.15, -0.1) is 5.10 Å². The molecule has 0 aliphatic carbocycles. The van der Waals surface area contributed by atoms with E-state index in [1.807, 2.05) is 6.20 Å². The van der Waals surface area contributed by atoms with E-state index < -0.39 is 0 Å². The fourth-order valence-corrected chi connectivity index (χ4v) is 2.35. The molecule has 1 aromatic heterocycles. The number of alkyl halides is 1. The van der Waals surface area contributed by atoms with Crippen LogP contribution in [0.3, 0.4) is 0 Å². The maximum atomic E-state index is 6.08. The number of hydrogen-bond donors (Lipinski definition) is 0. The quantitative estimate of drug-likeness (QED) is 0.611. The Balaban J connectivity index is 2.41. The molecule has 0 aliphatic rings. The molecular formula is C10H7BrCl3N3. The molecule has 0 spiro atoms. The average molecular weight is 355 g/mol. The highest BCUT2D eigenvalue weighted by molar-refractivity contribution is 9.09. The lowest BCUT2D eigenvalue weighted by molar-refractivity contribution is 0.798. The Kier molecular flexibility index (Phi) is 4.31. The normalized spacial score (nSPS) is 10.8. The van der Waals surface area contributed by atoms with Gasteiger partial charge in [-0.1, -0.05) is 55.9 Å². The van der Waals surface area contributed by atoms with E-state index in [1.54, 1.807) is 16.8 Å². The second kappa shape index (κ2) is 5.57. The van der Waals surface area contributed by atoms with E-state index in [-0.39, 0.29) is 0 Å². The number of benzene rings is 1. The first-order valence-corrected chi connectivity index (χ1v) is 6.99. The third-order valence-electron chi connectivity index (χ3n) is 2.13. The first-order chi connectivity index (χ1) is 8.11. The van der Waals surface area contributed by atoms with Crippen molar-refractivity contribution in [2.24, 2.45) is 0 Å². The SMILES string of the molecule is Clc1cc(Cl)c(-n2cc(CCBr)nn2)cc1Cl. The number of hydrogen-bond acceptors (Lipinski definition) is 2. The molecule has 0 aliphatic heterocycles. The van der Waals surface area contributed by atoms with Crippen molar-refractivity contribution in [3.63, 3.8) is 0 Å². The second-order valence-electron chi connectivity index (χ2n) is 3.31. The zero-order chi connectivity index (χ0) is 12.4. The molecule has 17 heavy (non-hydrogen) atoms. The standard InChI is InChI=1S/C10H7BrCl3N3/c11-2-1-6-5-17(16-15-6)10-4-8(13)7(12)3-9(10)14/h3-5H,1-2H2. The zero-order valence-electron chi connectivity index (χ0n) is 8.50. The lowest BCUT2D eigenvalue weighted by atomic mass is 10.3. The van der Waals surface area contributed by atoms with Crippen LogP contribution < -0.4 is 0 Å². The Labute approximate surface area is 122 Å². The first-order valence-electron chi connectivity index (χ1n) is 4.74. The number of nitrogens with zero attached hydrogens (tertiary/aromatic N) is 3. The first kappa shape index (κ1) is 13.1. The van der Waals surface area contributed by atoms with Crippen LogP contribution >= 0.6 is 50.7 Å². The van der Waals surface area contributed by atoms with Gasteiger partial charge in [-0.3, -0.25) is 0 Å². The van der Waals surface area contributed by atoms with Crippen LogP contribution in [0.2, 0.25) is 15.1 Å². The number of halogens is 4. The largest absolute Gasteiger partial charge is 0.219 e. The molecule has 90 valence electrons. The van der Waals surface area contributed by atoms with Crippen molar-refractivity contribution in [1.82, 2.24) is 15.0 Å². The highest BCUT2D eigenvalue weighted by atomic mass is 79.9. The molecule has 0 saturated carbocycles. The molecule has 0 atom stereocenters. The Morgan fingerprint density at radius 3 is 2.53 bits per heavy atom. The van der Waals surface area contributed by atoms with Gasteiger partial charge in [-0.2, -0.15) is 0 Å². The molecular weight excluding hydrogens is 348 g/mol. The lowest BCUT2D eigenvalue weighted by Crippen LogP contribution is -1.96. The van der Waals surface area contributed by atoms with Gasteiger partial charge < -0.3 is 0 Å². The Morgan fingerprint density at radius 2 is 1.82 bits per heavy atom. The van der Waals surface area contributed by atoms with E-state index in [1.165, 1.54) is 0 Å². The maximum absolute atomic E-state index is 6.08. The van der Waals surface area contributed by atoms with Crippen LogP contribution in [0.1, 0.15) is 5.69 Å². The molecule has 0 saturated heterocycles. The van der Waals surface area contributed by atoms with Crippen LogP contribution in [0.5, 0.6) is 0 Å². The number of rotatable bonds is 3. The van der Waals surface area contributed by atoms with Gasteiger partial charge in [0.2, 0.25) is 0 Å². The average Bonchev–Trinajstić information content (AvgIpc) is 2.72. The van der Waals surface area contributed by atoms with E-state index in [2.05, 4.69) is 26.2 Å². The molecule has 3 nitrogen and oxygen atoms in total. The van der Waals surface area contributed by atoms with Crippen molar-refractivity contribution in [3.8, 4) is 5.69 Å². The van der Waals surface area contributed by atoms with E-state index in [0.717, 1.165) is 17.4 Å². The molecule has 0 unspecified atom stereocenters. The third-order valence-corrected chi connectivity index (χ3v) is 3.55. The Bertz CT molecular complexity index is 542. The topological polar surface area (TPSA) is 30.7 Å². The molecule has 2 aromatic rings. The van der Waals surface area contributed by atoms with Gasteiger partial charge in [0.25, 0.3) is 0 Å². The molecule has 1 aromatic carbocycles. The fraction of sp³-hybridized carbons (Fsp3) is 0.200. The Morgan fingerprint density at radius 1 is 1.12 bits per heavy atom. The van der Waals surface area contributed by atoms with Gasteiger partial charge in [-0.25, -0.2) is 4.68 Å². The van der Waals surface area contributed by atoms with Crippen molar-refractivity contribution in [2.75, 3.05) is 5.33 Å². The maximum Gasteiger partial charge on any atom is 0.0865 e. The fourth-order valence-electron chi connectivity index (χ4n) is 1.32. The van der Waals surface area contributed by atoms with Crippen molar-refractivity contribution < 1.29 is 0 Å². The Hall–Kier alpha value is -0.290. The van der Waals surface area contributed by atoms with Gasteiger partial charge >= 0.3 is 0 Å². The highest BCUT2D eigenvalue weighted by Gasteiger charge is 2.09. The summed E-state index contributed by atoms with van der Waals surface area (Å²) in [6.45, 7) is 0. The van der Waals surface area contributed by atoms with Crippen molar-refractivity contribution in [3.05, 3.63) is 39.1 Å². The number of aryl methyl sites for hydroxylation is 1. The van der Waals surface area contributed by atoms with E-state index in [0.29, 0.717) is 20.8 Å². The van der Waals surface area contributed by atoms with Crippen molar-refractivity contribution in [2.45, 2.75) is 6.42 Å². The van der Waals surface area contributed by atoms with Crippen LogP contribution in [0.15, 0.2) is 18.3 Å². The monoisotopic (exact) mass is 353 g/mol. The molecule has 0 bridgehead atoms. The molecule has 2 rings (SSSR count). The minimum absolute atomic E-state index is 0.418. The molecule has 0 amide bonds. The summed E-state index contributed by atoms with van der Waals surface area (Å²) in [5, 5.41) is 10.2. The van der Waals surface area contributed by atoms with Gasteiger partial charge in [0.15, 0.2) is 0 Å². The molecule has 0 N–H and O–H groups in total. The predicted octanol–water partition coefficient (Wildman–Crippen LogP) is 4.16. The van der Waals surface area contributed by atoms with E-state index in [4.69, 9.17) is 34.8 Å². The molecule has 0 radical (unpaired) electrons.